The summed E-state index contributed by atoms with van der Waals surface area (Å²) in [5, 5.41) is 21.2. The molecule has 2 aromatic rings. The van der Waals surface area contributed by atoms with Crippen LogP contribution in [0.5, 0.6) is 11.5 Å². The zero-order valence-electron chi connectivity index (χ0n) is 11.3. The van der Waals surface area contributed by atoms with Gasteiger partial charge in [-0.2, -0.15) is 5.10 Å². The number of carbonyl (C=O) groups excluding carboxylic acids is 1. The molecule has 12 nitrogen and oxygen atoms in total. The molecule has 0 saturated carbocycles. The van der Waals surface area contributed by atoms with E-state index in [0.29, 0.717) is 5.75 Å². The Morgan fingerprint density at radius 1 is 1.39 bits per heavy atom. The van der Waals surface area contributed by atoms with Gasteiger partial charge in [-0.1, -0.05) is 0 Å². The Kier molecular flexibility index (Phi) is 3.46. The Bertz CT molecular complexity index is 815. The summed E-state index contributed by atoms with van der Waals surface area (Å²) < 4.78 is 14.5. The Morgan fingerprint density at radius 2 is 2.13 bits per heavy atom. The fraction of sp³-hybridized carbons (Fsp3) is 0.0909. The molecular formula is C11H8N6O6. The van der Waals surface area contributed by atoms with E-state index in [2.05, 4.69) is 25.5 Å². The summed E-state index contributed by atoms with van der Waals surface area (Å²) in [5.41, 5.74) is 7.07. The topological polar surface area (TPSA) is 168 Å². The number of fused-ring (bicyclic) bond motifs is 1. The molecule has 0 bridgehead atoms. The molecule has 2 heterocycles. The number of ether oxygens (including phenoxy) is 2. The van der Waals surface area contributed by atoms with Gasteiger partial charge in [0.05, 0.1) is 22.8 Å². The maximum Gasteiger partial charge on any atom is 0.297 e. The highest BCUT2D eigenvalue weighted by Crippen LogP contribution is 2.37. The number of carbonyl (C=O) groups is 1. The number of nitrogen functional groups attached to an aromatic ring is 1. The summed E-state index contributed by atoms with van der Waals surface area (Å²) in [5.74, 6) is -0.372. The van der Waals surface area contributed by atoms with Gasteiger partial charge in [-0.15, -0.1) is 0 Å². The number of nitrogens with one attached hydrogen (secondary N) is 1. The average molecular weight is 320 g/mol. The summed E-state index contributed by atoms with van der Waals surface area (Å²) in [6.07, 6.45) is 1.09. The molecule has 0 spiro atoms. The number of nitrogens with two attached hydrogens (primary N) is 1. The molecule has 3 rings (SSSR count). The third kappa shape index (κ3) is 2.72. The van der Waals surface area contributed by atoms with Crippen molar-refractivity contribution in [2.24, 2.45) is 5.10 Å². The lowest BCUT2D eigenvalue weighted by atomic mass is 10.1. The van der Waals surface area contributed by atoms with Crippen molar-refractivity contribution in [1.29, 1.82) is 0 Å². The molecule has 1 aromatic heterocycles. The van der Waals surface area contributed by atoms with Gasteiger partial charge in [0, 0.05) is 0 Å². The molecule has 0 unspecified atom stereocenters. The second-order valence-electron chi connectivity index (χ2n) is 4.22. The van der Waals surface area contributed by atoms with Gasteiger partial charge in [0.15, 0.2) is 11.5 Å². The number of anilines is 1. The van der Waals surface area contributed by atoms with E-state index in [1.807, 2.05) is 0 Å². The molecule has 1 amide bonds. The number of nitro groups is 1. The molecule has 0 atom stereocenters. The molecule has 0 aliphatic carbocycles. The second kappa shape index (κ2) is 5.59. The lowest BCUT2D eigenvalue weighted by molar-refractivity contribution is -0.385. The van der Waals surface area contributed by atoms with E-state index >= 15 is 0 Å². The monoisotopic (exact) mass is 320 g/mol. The molecule has 1 aliphatic rings. The van der Waals surface area contributed by atoms with E-state index in [1.165, 1.54) is 12.1 Å². The largest absolute Gasteiger partial charge is 0.454 e. The molecular weight excluding hydrogens is 312 g/mol. The van der Waals surface area contributed by atoms with Crippen LogP contribution >= 0.6 is 0 Å². The first kappa shape index (κ1) is 14.2. The van der Waals surface area contributed by atoms with Crippen LogP contribution in [0.3, 0.4) is 0 Å². The number of hydrogen-bond donors (Lipinski definition) is 2. The van der Waals surface area contributed by atoms with Crippen LogP contribution in [0.2, 0.25) is 0 Å². The maximum atomic E-state index is 11.7. The predicted molar refractivity (Wildman–Crippen MR) is 73.0 cm³/mol. The molecule has 0 fully saturated rings. The number of benzene rings is 1. The van der Waals surface area contributed by atoms with Crippen LogP contribution < -0.4 is 20.6 Å². The number of nitrogens with zero attached hydrogens (tertiary/aromatic N) is 4. The smallest absolute Gasteiger partial charge is 0.297 e. The summed E-state index contributed by atoms with van der Waals surface area (Å²) in [4.78, 5) is 22.1. The molecule has 1 aliphatic heterocycles. The van der Waals surface area contributed by atoms with Crippen LogP contribution in [-0.2, 0) is 0 Å². The number of hydrogen-bond acceptors (Lipinski definition) is 10. The Labute approximate surface area is 127 Å². The van der Waals surface area contributed by atoms with Crippen molar-refractivity contribution in [3.05, 3.63) is 33.5 Å². The summed E-state index contributed by atoms with van der Waals surface area (Å²) in [6, 6.07) is 2.59. The minimum atomic E-state index is -0.775. The molecule has 0 saturated heterocycles. The van der Waals surface area contributed by atoms with E-state index < -0.39 is 10.8 Å². The van der Waals surface area contributed by atoms with E-state index in [0.717, 1.165) is 6.21 Å². The minimum Gasteiger partial charge on any atom is -0.454 e. The highest BCUT2D eigenvalue weighted by atomic mass is 16.7. The van der Waals surface area contributed by atoms with Crippen molar-refractivity contribution >= 4 is 23.6 Å². The van der Waals surface area contributed by atoms with E-state index in [9.17, 15) is 14.9 Å². The van der Waals surface area contributed by atoms with Gasteiger partial charge in [-0.05, 0) is 16.4 Å². The van der Waals surface area contributed by atoms with Gasteiger partial charge in [0.2, 0.25) is 18.3 Å². The third-order valence-corrected chi connectivity index (χ3v) is 2.82. The van der Waals surface area contributed by atoms with Crippen molar-refractivity contribution in [3.63, 3.8) is 0 Å². The summed E-state index contributed by atoms with van der Waals surface area (Å²) >= 11 is 0. The number of rotatable bonds is 4. The van der Waals surface area contributed by atoms with Crippen molar-refractivity contribution in [3.8, 4) is 11.5 Å². The molecule has 3 N–H and O–H groups in total. The summed E-state index contributed by atoms with van der Waals surface area (Å²) in [7, 11) is 0. The standard InChI is InChI=1S/C11H8N6O6/c12-10-9(15-23-16-10)11(18)14-13-3-5-1-7-8(22-4-21-7)2-6(5)17(19)20/h1-3H,4H2,(H2,12,16)(H,14,18)/b13-3+. The molecule has 1 aromatic carbocycles. The lowest BCUT2D eigenvalue weighted by Gasteiger charge is -2.00. The maximum absolute atomic E-state index is 11.7. The van der Waals surface area contributed by atoms with E-state index in [1.54, 1.807) is 0 Å². The van der Waals surface area contributed by atoms with Crippen LogP contribution in [0.4, 0.5) is 11.5 Å². The lowest BCUT2D eigenvalue weighted by Crippen LogP contribution is -2.19. The van der Waals surface area contributed by atoms with E-state index in [-0.39, 0.29) is 35.3 Å². The van der Waals surface area contributed by atoms with Crippen LogP contribution in [0.15, 0.2) is 21.9 Å². The number of amides is 1. The average Bonchev–Trinajstić information content (AvgIpc) is 3.14. The number of aromatic nitrogens is 2. The van der Waals surface area contributed by atoms with Crippen LogP contribution in [-0.4, -0.2) is 34.2 Å². The van der Waals surface area contributed by atoms with Crippen molar-refractivity contribution in [2.45, 2.75) is 0 Å². The first-order chi connectivity index (χ1) is 11.1. The predicted octanol–water partition coefficient (Wildman–Crippen LogP) is 0.0526. The van der Waals surface area contributed by atoms with Gasteiger partial charge in [0.25, 0.3) is 11.6 Å². The molecule has 12 heteroatoms. The highest BCUT2D eigenvalue weighted by molar-refractivity contribution is 5.97. The number of nitro benzene ring substituents is 1. The fourth-order valence-corrected chi connectivity index (χ4v) is 1.77. The van der Waals surface area contributed by atoms with Crippen LogP contribution in [0, 0.1) is 10.1 Å². The first-order valence-corrected chi connectivity index (χ1v) is 6.05. The SMILES string of the molecule is Nc1nonc1C(=O)N/N=C/c1cc2c(cc1[N+](=O)[O-])OCO2. The number of hydrazone groups is 1. The van der Waals surface area contributed by atoms with Gasteiger partial charge >= 0.3 is 0 Å². The Morgan fingerprint density at radius 3 is 2.78 bits per heavy atom. The van der Waals surface area contributed by atoms with Crippen molar-refractivity contribution in [1.82, 2.24) is 15.7 Å². The van der Waals surface area contributed by atoms with Gasteiger partial charge in [0.1, 0.15) is 0 Å². The summed E-state index contributed by atoms with van der Waals surface area (Å²) in [6.45, 7) is -0.0255. The molecule has 118 valence electrons. The minimum absolute atomic E-state index is 0.0255. The van der Waals surface area contributed by atoms with Crippen molar-refractivity contribution < 1.29 is 23.8 Å². The van der Waals surface area contributed by atoms with Gasteiger partial charge < -0.3 is 15.2 Å². The normalized spacial score (nSPS) is 12.5. The fourth-order valence-electron chi connectivity index (χ4n) is 1.77. The molecule has 0 radical (unpaired) electrons. The zero-order chi connectivity index (χ0) is 16.4. The second-order valence-corrected chi connectivity index (χ2v) is 4.22. The Balaban J connectivity index is 1.81. The first-order valence-electron chi connectivity index (χ1n) is 6.05. The molecule has 23 heavy (non-hydrogen) atoms. The van der Waals surface area contributed by atoms with Crippen LogP contribution in [0.25, 0.3) is 0 Å². The highest BCUT2D eigenvalue weighted by Gasteiger charge is 2.22. The quantitative estimate of drug-likeness (QED) is 0.449. The Hall–Kier alpha value is -3.70. The van der Waals surface area contributed by atoms with E-state index in [4.69, 9.17) is 15.2 Å². The zero-order valence-corrected chi connectivity index (χ0v) is 11.3. The van der Waals surface area contributed by atoms with Crippen LogP contribution in [0.1, 0.15) is 16.1 Å². The van der Waals surface area contributed by atoms with Crippen molar-refractivity contribution in [2.75, 3.05) is 12.5 Å². The third-order valence-electron chi connectivity index (χ3n) is 2.82. The van der Waals surface area contributed by atoms with Gasteiger partial charge in [-0.25, -0.2) is 10.1 Å². The van der Waals surface area contributed by atoms with Gasteiger partial charge in [-0.3, -0.25) is 14.9 Å².